The van der Waals surface area contributed by atoms with E-state index in [0.29, 0.717) is 37.4 Å². The van der Waals surface area contributed by atoms with Crippen molar-refractivity contribution in [2.24, 2.45) is 0 Å². The second-order valence-electron chi connectivity index (χ2n) is 6.77. The van der Waals surface area contributed by atoms with Gasteiger partial charge in [0.25, 0.3) is 5.91 Å². The molecule has 27 heavy (non-hydrogen) atoms. The number of benzene rings is 2. The fraction of sp³-hybridized carbons (Fsp3) is 0.364. The van der Waals surface area contributed by atoms with E-state index in [1.165, 1.54) is 0 Å². The van der Waals surface area contributed by atoms with E-state index in [1.807, 2.05) is 47.4 Å². The Kier molecular flexibility index (Phi) is 6.12. The van der Waals surface area contributed by atoms with Gasteiger partial charge in [-0.2, -0.15) is 0 Å². The molecule has 2 aromatic carbocycles. The first-order valence-corrected chi connectivity index (χ1v) is 9.39. The number of hydrogen-bond acceptors (Lipinski definition) is 3. The monoisotopic (exact) mass is 366 g/mol. The summed E-state index contributed by atoms with van der Waals surface area (Å²) in [6, 6.07) is 17.2. The van der Waals surface area contributed by atoms with E-state index >= 15 is 0 Å². The highest BCUT2D eigenvalue weighted by atomic mass is 16.5. The lowest BCUT2D eigenvalue weighted by Gasteiger charge is -2.31. The summed E-state index contributed by atoms with van der Waals surface area (Å²) >= 11 is 0. The Bertz CT molecular complexity index is 791. The molecule has 1 fully saturated rings. The van der Waals surface area contributed by atoms with Crippen molar-refractivity contribution in [3.63, 3.8) is 0 Å². The van der Waals surface area contributed by atoms with Gasteiger partial charge in [0.05, 0.1) is 12.7 Å². The van der Waals surface area contributed by atoms with E-state index in [4.69, 9.17) is 4.74 Å². The van der Waals surface area contributed by atoms with Crippen LogP contribution in [0, 0.1) is 0 Å². The van der Waals surface area contributed by atoms with Gasteiger partial charge in [0.15, 0.2) is 0 Å². The second-order valence-corrected chi connectivity index (χ2v) is 6.77. The summed E-state index contributed by atoms with van der Waals surface area (Å²) in [5, 5.41) is 0. The number of nitrogens with zero attached hydrogens (tertiary/aromatic N) is 2. The van der Waals surface area contributed by atoms with Gasteiger partial charge < -0.3 is 14.5 Å². The molecule has 0 unspecified atom stereocenters. The van der Waals surface area contributed by atoms with Crippen molar-refractivity contribution in [2.75, 3.05) is 20.2 Å². The summed E-state index contributed by atoms with van der Waals surface area (Å²) in [4.78, 5) is 29.6. The van der Waals surface area contributed by atoms with Crippen LogP contribution in [0.15, 0.2) is 54.6 Å². The highest BCUT2D eigenvalue weighted by Crippen LogP contribution is 2.23. The average Bonchev–Trinajstić information content (AvgIpc) is 2.87. The smallest absolute Gasteiger partial charge is 0.257 e. The zero-order valence-electron chi connectivity index (χ0n) is 15.9. The lowest BCUT2D eigenvalue weighted by molar-refractivity contribution is -0.133. The van der Waals surface area contributed by atoms with Gasteiger partial charge in [-0.3, -0.25) is 9.59 Å². The molecule has 5 heteroatoms. The fourth-order valence-electron chi connectivity index (χ4n) is 3.55. The summed E-state index contributed by atoms with van der Waals surface area (Å²) in [6.07, 6.45) is 1.14. The maximum Gasteiger partial charge on any atom is 0.257 e. The van der Waals surface area contributed by atoms with E-state index in [-0.39, 0.29) is 17.9 Å². The largest absolute Gasteiger partial charge is 0.496 e. The van der Waals surface area contributed by atoms with Crippen LogP contribution < -0.4 is 4.74 Å². The zero-order chi connectivity index (χ0) is 19.2. The van der Waals surface area contributed by atoms with Crippen molar-refractivity contribution in [3.8, 4) is 5.75 Å². The van der Waals surface area contributed by atoms with Crippen LogP contribution in [-0.4, -0.2) is 47.9 Å². The van der Waals surface area contributed by atoms with E-state index in [9.17, 15) is 9.59 Å². The number of carbonyl (C=O) groups excluding carboxylic acids is 2. The van der Waals surface area contributed by atoms with Crippen molar-refractivity contribution >= 4 is 11.8 Å². The van der Waals surface area contributed by atoms with Crippen LogP contribution in [0.5, 0.6) is 5.75 Å². The topological polar surface area (TPSA) is 49.9 Å². The third-order valence-corrected chi connectivity index (χ3v) is 5.08. The number of amides is 2. The molecule has 1 atom stereocenters. The van der Waals surface area contributed by atoms with E-state index in [2.05, 4.69) is 6.92 Å². The Morgan fingerprint density at radius 2 is 1.81 bits per heavy atom. The Balaban J connectivity index is 1.81. The number of para-hydroxylation sites is 1. The molecule has 3 rings (SSSR count). The molecule has 1 aliphatic rings. The molecule has 1 saturated heterocycles. The van der Waals surface area contributed by atoms with Gasteiger partial charge in [0.1, 0.15) is 5.75 Å². The van der Waals surface area contributed by atoms with Crippen LogP contribution in [0.2, 0.25) is 0 Å². The van der Waals surface area contributed by atoms with Crippen LogP contribution in [0.25, 0.3) is 0 Å². The molecule has 0 saturated carbocycles. The molecule has 0 aliphatic carbocycles. The maximum atomic E-state index is 13.1. The third-order valence-electron chi connectivity index (χ3n) is 5.08. The molecule has 0 N–H and O–H groups in total. The molecule has 0 radical (unpaired) electrons. The SMILES string of the molecule is CC[C@@H]1CN(C(=O)c2ccccc2OC)CCC(=O)N1Cc1ccccc1. The number of rotatable bonds is 5. The minimum Gasteiger partial charge on any atom is -0.496 e. The molecule has 2 amide bonds. The van der Waals surface area contributed by atoms with Crippen molar-refractivity contribution in [1.29, 1.82) is 0 Å². The maximum absolute atomic E-state index is 13.1. The molecular formula is C22H26N2O3. The second kappa shape index (κ2) is 8.71. The lowest BCUT2D eigenvalue weighted by Crippen LogP contribution is -2.43. The first-order chi connectivity index (χ1) is 13.1. The summed E-state index contributed by atoms with van der Waals surface area (Å²) in [5.74, 6) is 0.577. The first kappa shape index (κ1) is 19.0. The van der Waals surface area contributed by atoms with Crippen molar-refractivity contribution in [3.05, 3.63) is 65.7 Å². The Morgan fingerprint density at radius 3 is 2.52 bits per heavy atom. The number of hydrogen-bond donors (Lipinski definition) is 0. The zero-order valence-corrected chi connectivity index (χ0v) is 15.9. The third kappa shape index (κ3) is 4.30. The quantitative estimate of drug-likeness (QED) is 0.815. The first-order valence-electron chi connectivity index (χ1n) is 9.39. The lowest BCUT2D eigenvalue weighted by atomic mass is 10.1. The molecule has 5 nitrogen and oxygen atoms in total. The van der Waals surface area contributed by atoms with Gasteiger partial charge in [-0.1, -0.05) is 49.4 Å². The minimum absolute atomic E-state index is 0.00105. The minimum atomic E-state index is -0.0831. The fourth-order valence-corrected chi connectivity index (χ4v) is 3.55. The van der Waals surface area contributed by atoms with Gasteiger partial charge in [-0.15, -0.1) is 0 Å². The van der Waals surface area contributed by atoms with E-state index in [0.717, 1.165) is 12.0 Å². The van der Waals surface area contributed by atoms with Crippen LogP contribution in [0.4, 0.5) is 0 Å². The molecule has 0 spiro atoms. The Hall–Kier alpha value is -2.82. The molecule has 0 bridgehead atoms. The van der Waals surface area contributed by atoms with Gasteiger partial charge in [-0.05, 0) is 24.1 Å². The summed E-state index contributed by atoms with van der Waals surface area (Å²) in [5.41, 5.74) is 1.65. The standard InChI is InChI=1S/C22H26N2O3/c1-3-18-16-23(22(26)19-11-7-8-12-20(19)27-2)14-13-21(25)24(18)15-17-9-5-4-6-10-17/h4-12,18H,3,13-16H2,1-2H3/t18-/m1/s1. The molecule has 2 aromatic rings. The van der Waals surface area contributed by atoms with Crippen molar-refractivity contribution in [2.45, 2.75) is 32.4 Å². The van der Waals surface area contributed by atoms with Gasteiger partial charge in [-0.25, -0.2) is 0 Å². The Labute approximate surface area is 160 Å². The molecular weight excluding hydrogens is 340 g/mol. The van der Waals surface area contributed by atoms with E-state index in [1.54, 1.807) is 24.1 Å². The Morgan fingerprint density at radius 1 is 1.11 bits per heavy atom. The normalized spacial score (nSPS) is 17.6. The van der Waals surface area contributed by atoms with Gasteiger partial charge in [0.2, 0.25) is 5.91 Å². The van der Waals surface area contributed by atoms with E-state index < -0.39 is 0 Å². The molecule has 0 aromatic heterocycles. The number of ether oxygens (including phenoxy) is 1. The number of methoxy groups -OCH3 is 1. The van der Waals surface area contributed by atoms with Crippen LogP contribution in [-0.2, 0) is 11.3 Å². The molecule has 142 valence electrons. The van der Waals surface area contributed by atoms with Crippen LogP contribution >= 0.6 is 0 Å². The van der Waals surface area contributed by atoms with Crippen LogP contribution in [0.3, 0.4) is 0 Å². The predicted molar refractivity (Wildman–Crippen MR) is 105 cm³/mol. The molecule has 1 heterocycles. The summed E-state index contributed by atoms with van der Waals surface area (Å²) in [6.45, 7) is 3.60. The van der Waals surface area contributed by atoms with Crippen molar-refractivity contribution < 1.29 is 14.3 Å². The van der Waals surface area contributed by atoms with Gasteiger partial charge in [0, 0.05) is 32.1 Å². The molecule has 1 aliphatic heterocycles. The van der Waals surface area contributed by atoms with Crippen molar-refractivity contribution in [1.82, 2.24) is 9.80 Å². The highest BCUT2D eigenvalue weighted by molar-refractivity contribution is 5.97. The summed E-state index contributed by atoms with van der Waals surface area (Å²) < 4.78 is 5.34. The number of carbonyl (C=O) groups is 2. The summed E-state index contributed by atoms with van der Waals surface area (Å²) in [7, 11) is 1.56. The van der Waals surface area contributed by atoms with Crippen LogP contribution in [0.1, 0.15) is 35.7 Å². The van der Waals surface area contributed by atoms with Gasteiger partial charge >= 0.3 is 0 Å². The highest BCUT2D eigenvalue weighted by Gasteiger charge is 2.31. The predicted octanol–water partition coefficient (Wildman–Crippen LogP) is 3.35. The average molecular weight is 366 g/mol.